The molecule has 1 saturated heterocycles. The fourth-order valence-electron chi connectivity index (χ4n) is 2.66. The molecular weight excluding hydrogens is 254 g/mol. The van der Waals surface area contributed by atoms with E-state index in [1.54, 1.807) is 14.2 Å². The monoisotopic (exact) mass is 273 g/mol. The van der Waals surface area contributed by atoms with Crippen LogP contribution in [-0.4, -0.2) is 40.5 Å². The van der Waals surface area contributed by atoms with E-state index in [1.807, 2.05) is 12.1 Å². The number of nitrogens with zero attached hydrogens (tertiary/aromatic N) is 1. The second-order valence-corrected chi connectivity index (χ2v) is 4.80. The predicted octanol–water partition coefficient (Wildman–Crippen LogP) is 2.69. The number of hydrogen-bond acceptors (Lipinski definition) is 4. The van der Waals surface area contributed by atoms with Crippen molar-refractivity contribution in [3.05, 3.63) is 30.3 Å². The summed E-state index contributed by atoms with van der Waals surface area (Å²) in [4.78, 5) is 2.34. The molecule has 0 aromatic heterocycles. The molecule has 1 fully saturated rings. The van der Waals surface area contributed by atoms with Crippen LogP contribution in [0.25, 0.3) is 10.8 Å². The van der Waals surface area contributed by atoms with Gasteiger partial charge in [0.1, 0.15) is 11.5 Å². The van der Waals surface area contributed by atoms with Gasteiger partial charge < -0.3 is 19.1 Å². The Labute approximate surface area is 118 Å². The third-order valence-corrected chi connectivity index (χ3v) is 3.74. The van der Waals surface area contributed by atoms with Crippen LogP contribution in [0.3, 0.4) is 0 Å². The molecule has 0 radical (unpaired) electrons. The van der Waals surface area contributed by atoms with Gasteiger partial charge in [-0.15, -0.1) is 0 Å². The van der Waals surface area contributed by atoms with Crippen LogP contribution in [0.4, 0.5) is 5.69 Å². The number of ether oxygens (including phenoxy) is 3. The van der Waals surface area contributed by atoms with Crippen molar-refractivity contribution in [3.63, 3.8) is 0 Å². The molecule has 0 bridgehead atoms. The number of fused-ring (bicyclic) bond motifs is 1. The lowest BCUT2D eigenvalue weighted by Gasteiger charge is -2.29. The van der Waals surface area contributed by atoms with E-state index in [2.05, 4.69) is 23.1 Å². The normalized spacial score (nSPS) is 15.4. The number of rotatable bonds is 3. The van der Waals surface area contributed by atoms with E-state index in [0.29, 0.717) is 0 Å². The zero-order chi connectivity index (χ0) is 13.9. The molecule has 0 N–H and O–H groups in total. The van der Waals surface area contributed by atoms with Gasteiger partial charge in [-0.2, -0.15) is 0 Å². The number of hydrogen-bond donors (Lipinski definition) is 0. The summed E-state index contributed by atoms with van der Waals surface area (Å²) in [6, 6.07) is 10.3. The molecule has 3 rings (SSSR count). The van der Waals surface area contributed by atoms with Gasteiger partial charge in [0.15, 0.2) is 0 Å². The maximum atomic E-state index is 5.47. The lowest BCUT2D eigenvalue weighted by atomic mass is 10.1. The van der Waals surface area contributed by atoms with Crippen LogP contribution in [0, 0.1) is 0 Å². The van der Waals surface area contributed by atoms with Crippen molar-refractivity contribution < 1.29 is 14.2 Å². The Morgan fingerprint density at radius 2 is 1.55 bits per heavy atom. The summed E-state index contributed by atoms with van der Waals surface area (Å²) >= 11 is 0. The van der Waals surface area contributed by atoms with Gasteiger partial charge in [-0.1, -0.05) is 0 Å². The van der Waals surface area contributed by atoms with Crippen LogP contribution in [0.1, 0.15) is 0 Å². The molecule has 1 heterocycles. The van der Waals surface area contributed by atoms with Crippen molar-refractivity contribution in [3.8, 4) is 11.5 Å². The summed E-state index contributed by atoms with van der Waals surface area (Å²) in [5.41, 5.74) is 1.20. The lowest BCUT2D eigenvalue weighted by molar-refractivity contribution is 0.122. The van der Waals surface area contributed by atoms with E-state index in [0.717, 1.165) is 48.6 Å². The Bertz CT molecular complexity index is 606. The van der Waals surface area contributed by atoms with E-state index >= 15 is 0 Å². The maximum absolute atomic E-state index is 5.47. The highest BCUT2D eigenvalue weighted by Crippen LogP contribution is 2.35. The van der Waals surface area contributed by atoms with Gasteiger partial charge in [-0.25, -0.2) is 0 Å². The fraction of sp³-hybridized carbons (Fsp3) is 0.375. The average Bonchev–Trinajstić information content (AvgIpc) is 2.54. The summed E-state index contributed by atoms with van der Waals surface area (Å²) in [6.45, 7) is 3.43. The molecule has 0 saturated carbocycles. The van der Waals surface area contributed by atoms with E-state index in [9.17, 15) is 0 Å². The first-order valence-corrected chi connectivity index (χ1v) is 6.81. The quantitative estimate of drug-likeness (QED) is 0.860. The minimum absolute atomic E-state index is 0.785. The highest BCUT2D eigenvalue weighted by Gasteiger charge is 2.14. The highest BCUT2D eigenvalue weighted by molar-refractivity contribution is 5.95. The van der Waals surface area contributed by atoms with Crippen LogP contribution < -0.4 is 14.4 Å². The summed E-state index contributed by atoms with van der Waals surface area (Å²) in [6.07, 6.45) is 0. The van der Waals surface area contributed by atoms with Gasteiger partial charge in [0.2, 0.25) is 0 Å². The highest BCUT2D eigenvalue weighted by atomic mass is 16.5. The molecule has 2 aromatic rings. The first-order chi connectivity index (χ1) is 9.83. The Kier molecular flexibility index (Phi) is 3.65. The molecule has 0 spiro atoms. The van der Waals surface area contributed by atoms with Crippen LogP contribution >= 0.6 is 0 Å². The molecule has 106 valence electrons. The van der Waals surface area contributed by atoms with Crippen LogP contribution in [0.2, 0.25) is 0 Å². The third kappa shape index (κ3) is 2.27. The second-order valence-electron chi connectivity index (χ2n) is 4.80. The van der Waals surface area contributed by atoms with E-state index in [4.69, 9.17) is 14.2 Å². The fourth-order valence-corrected chi connectivity index (χ4v) is 2.66. The maximum Gasteiger partial charge on any atom is 0.127 e. The van der Waals surface area contributed by atoms with Gasteiger partial charge in [0.25, 0.3) is 0 Å². The van der Waals surface area contributed by atoms with E-state index < -0.39 is 0 Å². The van der Waals surface area contributed by atoms with Crippen molar-refractivity contribution in [2.24, 2.45) is 0 Å². The van der Waals surface area contributed by atoms with Gasteiger partial charge in [0, 0.05) is 29.5 Å². The molecule has 0 atom stereocenters. The number of anilines is 1. The van der Waals surface area contributed by atoms with Crippen molar-refractivity contribution in [2.75, 3.05) is 45.4 Å². The van der Waals surface area contributed by atoms with Crippen molar-refractivity contribution in [1.82, 2.24) is 0 Å². The average molecular weight is 273 g/mol. The summed E-state index contributed by atoms with van der Waals surface area (Å²) in [7, 11) is 3.39. The number of methoxy groups -OCH3 is 2. The molecular formula is C16H19NO3. The minimum Gasteiger partial charge on any atom is -0.496 e. The summed E-state index contributed by atoms with van der Waals surface area (Å²) in [5, 5.41) is 2.15. The smallest absolute Gasteiger partial charge is 0.127 e. The lowest BCUT2D eigenvalue weighted by Crippen LogP contribution is -2.36. The zero-order valence-electron chi connectivity index (χ0n) is 11.9. The second kappa shape index (κ2) is 5.59. The molecule has 0 amide bonds. The van der Waals surface area contributed by atoms with Gasteiger partial charge in [-0.05, 0) is 30.3 Å². The standard InChI is InChI=1S/C16H19NO3/c1-18-15-5-6-16(19-2)14-11-12(3-4-13(14)15)17-7-9-20-10-8-17/h3-6,11H,7-10H2,1-2H3. The van der Waals surface area contributed by atoms with Crippen LogP contribution in [-0.2, 0) is 4.74 Å². The first kappa shape index (κ1) is 13.1. The molecule has 2 aromatic carbocycles. The molecule has 20 heavy (non-hydrogen) atoms. The SMILES string of the molecule is COc1ccc(OC)c2cc(N3CCOCC3)ccc12. The third-order valence-electron chi connectivity index (χ3n) is 3.74. The zero-order valence-corrected chi connectivity index (χ0v) is 11.9. The number of benzene rings is 2. The Morgan fingerprint density at radius 1 is 0.900 bits per heavy atom. The minimum atomic E-state index is 0.785. The molecule has 4 nitrogen and oxygen atoms in total. The predicted molar refractivity (Wildman–Crippen MR) is 80.1 cm³/mol. The topological polar surface area (TPSA) is 30.9 Å². The summed E-state index contributed by atoms with van der Waals surface area (Å²) < 4.78 is 16.3. The van der Waals surface area contributed by atoms with Crippen molar-refractivity contribution in [2.45, 2.75) is 0 Å². The van der Waals surface area contributed by atoms with Gasteiger partial charge in [-0.3, -0.25) is 0 Å². The molecule has 1 aliphatic rings. The Morgan fingerprint density at radius 3 is 2.20 bits per heavy atom. The molecule has 0 unspecified atom stereocenters. The van der Waals surface area contributed by atoms with E-state index in [-0.39, 0.29) is 0 Å². The molecule has 4 heteroatoms. The van der Waals surface area contributed by atoms with Crippen LogP contribution in [0.15, 0.2) is 30.3 Å². The van der Waals surface area contributed by atoms with E-state index in [1.165, 1.54) is 5.69 Å². The summed E-state index contributed by atoms with van der Waals surface area (Å²) in [5.74, 6) is 1.74. The van der Waals surface area contributed by atoms with Crippen molar-refractivity contribution in [1.29, 1.82) is 0 Å². The number of morpholine rings is 1. The largest absolute Gasteiger partial charge is 0.496 e. The Balaban J connectivity index is 2.08. The van der Waals surface area contributed by atoms with Gasteiger partial charge >= 0.3 is 0 Å². The first-order valence-electron chi connectivity index (χ1n) is 6.81. The van der Waals surface area contributed by atoms with Gasteiger partial charge in [0.05, 0.1) is 27.4 Å². The Hall–Kier alpha value is -1.94. The molecule has 0 aliphatic carbocycles. The van der Waals surface area contributed by atoms with Crippen molar-refractivity contribution >= 4 is 16.5 Å². The molecule has 1 aliphatic heterocycles. The van der Waals surface area contributed by atoms with Crippen LogP contribution in [0.5, 0.6) is 11.5 Å².